The van der Waals surface area contributed by atoms with Gasteiger partial charge in [0.25, 0.3) is 0 Å². The van der Waals surface area contributed by atoms with Gasteiger partial charge in [-0.15, -0.1) is 0 Å². The molecule has 1 aliphatic rings. The maximum atomic E-state index is 13.2. The van der Waals surface area contributed by atoms with Crippen LogP contribution in [-0.2, 0) is 10.1 Å². The number of alkyl halides is 1. The smallest absolute Gasteiger partial charge is 0.123 e. The number of hydrogen-bond acceptors (Lipinski definition) is 2. The Balaban J connectivity index is 2.19. The standard InChI is InChI=1S/C13H17BrFNO/c1-16(12-4-6-17-7-5-12)13-3-2-11(15)8-10(13)9-14/h2-3,8,12H,4-7,9H2,1H3. The quantitative estimate of drug-likeness (QED) is 0.794. The van der Waals surface area contributed by atoms with E-state index in [1.165, 1.54) is 6.07 Å². The van der Waals surface area contributed by atoms with Gasteiger partial charge in [-0.25, -0.2) is 4.39 Å². The van der Waals surface area contributed by atoms with Crippen molar-refractivity contribution >= 4 is 21.6 Å². The summed E-state index contributed by atoms with van der Waals surface area (Å²) < 4.78 is 18.5. The largest absolute Gasteiger partial charge is 0.381 e. The van der Waals surface area contributed by atoms with E-state index in [1.807, 2.05) is 6.07 Å². The Bertz CT molecular complexity index is 380. The molecule has 0 aliphatic carbocycles. The van der Waals surface area contributed by atoms with Crippen molar-refractivity contribution in [1.82, 2.24) is 0 Å². The number of hydrogen-bond donors (Lipinski definition) is 0. The van der Waals surface area contributed by atoms with E-state index in [2.05, 4.69) is 27.9 Å². The molecule has 17 heavy (non-hydrogen) atoms. The van der Waals surface area contributed by atoms with Crippen molar-refractivity contribution in [1.29, 1.82) is 0 Å². The summed E-state index contributed by atoms with van der Waals surface area (Å²) in [6.45, 7) is 1.64. The molecule has 0 atom stereocenters. The Morgan fingerprint density at radius 3 is 2.76 bits per heavy atom. The van der Waals surface area contributed by atoms with E-state index in [1.54, 1.807) is 6.07 Å². The fourth-order valence-corrected chi connectivity index (χ4v) is 2.72. The van der Waals surface area contributed by atoms with Crippen molar-refractivity contribution in [2.45, 2.75) is 24.2 Å². The summed E-state index contributed by atoms with van der Waals surface area (Å²) in [7, 11) is 2.08. The van der Waals surface area contributed by atoms with Gasteiger partial charge in [-0.05, 0) is 36.6 Å². The van der Waals surface area contributed by atoms with Gasteiger partial charge in [-0.1, -0.05) is 15.9 Å². The molecule has 0 amide bonds. The van der Waals surface area contributed by atoms with Gasteiger partial charge in [-0.3, -0.25) is 0 Å². The van der Waals surface area contributed by atoms with Gasteiger partial charge in [0.1, 0.15) is 5.82 Å². The molecule has 2 rings (SSSR count). The second-order valence-corrected chi connectivity index (χ2v) is 4.92. The highest BCUT2D eigenvalue weighted by atomic mass is 79.9. The fourth-order valence-electron chi connectivity index (χ4n) is 2.27. The molecular formula is C13H17BrFNO. The summed E-state index contributed by atoms with van der Waals surface area (Å²) in [5, 5.41) is 0.674. The van der Waals surface area contributed by atoms with Crippen molar-refractivity contribution in [2.75, 3.05) is 25.2 Å². The molecule has 4 heteroatoms. The van der Waals surface area contributed by atoms with Gasteiger partial charge in [0.2, 0.25) is 0 Å². The van der Waals surface area contributed by atoms with Crippen LogP contribution in [0, 0.1) is 5.82 Å². The number of nitrogens with zero attached hydrogens (tertiary/aromatic N) is 1. The number of rotatable bonds is 3. The molecule has 1 heterocycles. The van der Waals surface area contributed by atoms with Crippen LogP contribution in [0.5, 0.6) is 0 Å². The number of benzene rings is 1. The van der Waals surface area contributed by atoms with E-state index in [9.17, 15) is 4.39 Å². The lowest BCUT2D eigenvalue weighted by Gasteiger charge is -2.34. The minimum Gasteiger partial charge on any atom is -0.381 e. The van der Waals surface area contributed by atoms with Crippen LogP contribution in [0.15, 0.2) is 18.2 Å². The average Bonchev–Trinajstić information content (AvgIpc) is 2.39. The molecule has 1 aromatic rings. The molecule has 1 aromatic carbocycles. The highest BCUT2D eigenvalue weighted by Crippen LogP contribution is 2.27. The Hall–Kier alpha value is -0.610. The van der Waals surface area contributed by atoms with Crippen LogP contribution in [0.2, 0.25) is 0 Å². The second-order valence-electron chi connectivity index (χ2n) is 4.36. The second kappa shape index (κ2) is 5.83. The minimum absolute atomic E-state index is 0.177. The molecule has 1 fully saturated rings. The molecule has 0 bridgehead atoms. The lowest BCUT2D eigenvalue weighted by atomic mass is 10.1. The fraction of sp³-hybridized carbons (Fsp3) is 0.538. The molecule has 1 saturated heterocycles. The predicted molar refractivity (Wildman–Crippen MR) is 71.3 cm³/mol. The molecule has 94 valence electrons. The molecule has 2 nitrogen and oxygen atoms in total. The number of ether oxygens (including phenoxy) is 1. The molecule has 0 radical (unpaired) electrons. The zero-order valence-electron chi connectivity index (χ0n) is 9.96. The third-order valence-corrected chi connectivity index (χ3v) is 3.91. The summed E-state index contributed by atoms with van der Waals surface area (Å²) >= 11 is 3.42. The number of anilines is 1. The van der Waals surface area contributed by atoms with Gasteiger partial charge < -0.3 is 9.64 Å². The van der Waals surface area contributed by atoms with E-state index in [0.29, 0.717) is 11.4 Å². The lowest BCUT2D eigenvalue weighted by molar-refractivity contribution is 0.0854. The summed E-state index contributed by atoms with van der Waals surface area (Å²) in [6, 6.07) is 5.48. The Morgan fingerprint density at radius 2 is 2.12 bits per heavy atom. The van der Waals surface area contributed by atoms with Crippen molar-refractivity contribution in [3.8, 4) is 0 Å². The van der Waals surface area contributed by atoms with Gasteiger partial charge in [0.15, 0.2) is 0 Å². The van der Waals surface area contributed by atoms with Gasteiger partial charge in [0, 0.05) is 37.3 Å². The Kier molecular flexibility index (Phi) is 4.40. The maximum Gasteiger partial charge on any atom is 0.123 e. The van der Waals surface area contributed by atoms with E-state index in [4.69, 9.17) is 4.74 Å². The Labute approximate surface area is 110 Å². The average molecular weight is 302 g/mol. The van der Waals surface area contributed by atoms with Crippen LogP contribution in [0.1, 0.15) is 18.4 Å². The normalized spacial score (nSPS) is 17.1. The first kappa shape index (κ1) is 12.8. The molecule has 0 aromatic heterocycles. The molecule has 0 N–H and O–H groups in total. The topological polar surface area (TPSA) is 12.5 Å². The Morgan fingerprint density at radius 1 is 1.41 bits per heavy atom. The summed E-state index contributed by atoms with van der Waals surface area (Å²) in [5.74, 6) is -0.177. The van der Waals surface area contributed by atoms with Crippen LogP contribution >= 0.6 is 15.9 Å². The van der Waals surface area contributed by atoms with Crippen molar-refractivity contribution in [2.24, 2.45) is 0 Å². The summed E-state index contributed by atoms with van der Waals surface area (Å²) in [4.78, 5) is 2.25. The maximum absolute atomic E-state index is 13.2. The van der Waals surface area contributed by atoms with Crippen LogP contribution in [0.25, 0.3) is 0 Å². The van der Waals surface area contributed by atoms with Crippen LogP contribution in [-0.4, -0.2) is 26.3 Å². The molecule has 0 unspecified atom stereocenters. The first-order chi connectivity index (χ1) is 8.22. The summed E-state index contributed by atoms with van der Waals surface area (Å²) in [5.41, 5.74) is 2.11. The lowest BCUT2D eigenvalue weighted by Crippen LogP contribution is -2.37. The van der Waals surface area contributed by atoms with Gasteiger partial charge >= 0.3 is 0 Å². The molecule has 0 saturated carbocycles. The van der Waals surface area contributed by atoms with E-state index < -0.39 is 0 Å². The highest BCUT2D eigenvalue weighted by Gasteiger charge is 2.20. The van der Waals surface area contributed by atoms with E-state index in [-0.39, 0.29) is 5.82 Å². The van der Waals surface area contributed by atoms with Crippen molar-refractivity contribution in [3.05, 3.63) is 29.6 Å². The minimum atomic E-state index is -0.177. The van der Waals surface area contributed by atoms with Crippen molar-refractivity contribution < 1.29 is 9.13 Å². The van der Waals surface area contributed by atoms with E-state index >= 15 is 0 Å². The van der Waals surface area contributed by atoms with Crippen LogP contribution < -0.4 is 4.90 Å². The first-order valence-electron chi connectivity index (χ1n) is 5.87. The molecule has 0 spiro atoms. The molecule has 1 aliphatic heterocycles. The SMILES string of the molecule is CN(c1ccc(F)cc1CBr)C1CCOCC1. The van der Waals surface area contributed by atoms with Gasteiger partial charge in [-0.2, -0.15) is 0 Å². The molecular weight excluding hydrogens is 285 g/mol. The van der Waals surface area contributed by atoms with Crippen LogP contribution in [0.4, 0.5) is 10.1 Å². The highest BCUT2D eigenvalue weighted by molar-refractivity contribution is 9.08. The van der Waals surface area contributed by atoms with Crippen LogP contribution in [0.3, 0.4) is 0 Å². The van der Waals surface area contributed by atoms with Crippen molar-refractivity contribution in [3.63, 3.8) is 0 Å². The predicted octanol–water partition coefficient (Wildman–Crippen LogP) is 3.34. The zero-order chi connectivity index (χ0) is 12.3. The third-order valence-electron chi connectivity index (χ3n) is 3.30. The first-order valence-corrected chi connectivity index (χ1v) is 6.99. The summed E-state index contributed by atoms with van der Waals surface area (Å²) in [6.07, 6.45) is 2.07. The zero-order valence-corrected chi connectivity index (χ0v) is 11.5. The van der Waals surface area contributed by atoms with Gasteiger partial charge in [0.05, 0.1) is 0 Å². The number of halogens is 2. The monoisotopic (exact) mass is 301 g/mol. The third kappa shape index (κ3) is 2.99. The van der Waals surface area contributed by atoms with E-state index in [0.717, 1.165) is 37.3 Å².